The van der Waals surface area contributed by atoms with Crippen molar-refractivity contribution < 1.29 is 0 Å². The maximum atomic E-state index is 12.2. The highest BCUT2D eigenvalue weighted by atomic mass is 79.9. The van der Waals surface area contributed by atoms with E-state index in [4.69, 9.17) is 0 Å². The van der Waals surface area contributed by atoms with Gasteiger partial charge in [-0.05, 0) is 17.5 Å². The number of hydrogen-bond donors (Lipinski definition) is 1. The zero-order valence-electron chi connectivity index (χ0n) is 11.6. The van der Waals surface area contributed by atoms with E-state index in [1.807, 2.05) is 24.3 Å². The molecule has 1 heterocycles. The molecule has 0 fully saturated rings. The number of nitrogens with zero attached hydrogens (tertiary/aromatic N) is 2. The van der Waals surface area contributed by atoms with Gasteiger partial charge in [0.05, 0.1) is 0 Å². The van der Waals surface area contributed by atoms with Crippen LogP contribution in [-0.4, -0.2) is 9.55 Å². The number of halogens is 1. The van der Waals surface area contributed by atoms with Crippen LogP contribution in [0.15, 0.2) is 45.9 Å². The molecule has 0 saturated heterocycles. The summed E-state index contributed by atoms with van der Waals surface area (Å²) in [4.78, 5) is 16.4. The van der Waals surface area contributed by atoms with E-state index in [9.17, 15) is 4.79 Å². The standard InChI is InChI=1S/C15H18BrN3O/c1-11(2)10-19-8-7-17-14(15(19)20)18-9-12-5-3-4-6-13(12)16/h3-8,11H,9-10H2,1-2H3,(H,17,18). The summed E-state index contributed by atoms with van der Waals surface area (Å²) in [6.07, 6.45) is 3.39. The van der Waals surface area contributed by atoms with Gasteiger partial charge >= 0.3 is 0 Å². The fourth-order valence-corrected chi connectivity index (χ4v) is 2.35. The molecule has 0 spiro atoms. The third-order valence-electron chi connectivity index (χ3n) is 2.88. The number of aromatic nitrogens is 2. The zero-order valence-corrected chi connectivity index (χ0v) is 13.2. The van der Waals surface area contributed by atoms with Gasteiger partial charge in [0.25, 0.3) is 5.56 Å². The molecule has 0 aliphatic rings. The molecular weight excluding hydrogens is 318 g/mol. The summed E-state index contributed by atoms with van der Waals surface area (Å²) in [6.45, 7) is 5.43. The summed E-state index contributed by atoms with van der Waals surface area (Å²) in [6, 6.07) is 7.92. The van der Waals surface area contributed by atoms with Crippen molar-refractivity contribution in [3.05, 3.63) is 57.0 Å². The van der Waals surface area contributed by atoms with Crippen LogP contribution in [0.2, 0.25) is 0 Å². The maximum absolute atomic E-state index is 12.2. The van der Waals surface area contributed by atoms with E-state index >= 15 is 0 Å². The van der Waals surface area contributed by atoms with Crippen molar-refractivity contribution >= 4 is 21.7 Å². The van der Waals surface area contributed by atoms with Crippen molar-refractivity contribution in [1.82, 2.24) is 9.55 Å². The third kappa shape index (κ3) is 3.70. The minimum Gasteiger partial charge on any atom is -0.361 e. The van der Waals surface area contributed by atoms with Crippen molar-refractivity contribution in [1.29, 1.82) is 0 Å². The monoisotopic (exact) mass is 335 g/mol. The molecule has 106 valence electrons. The lowest BCUT2D eigenvalue weighted by Crippen LogP contribution is -2.25. The van der Waals surface area contributed by atoms with Crippen molar-refractivity contribution in [3.63, 3.8) is 0 Å². The van der Waals surface area contributed by atoms with Crippen LogP contribution in [0.5, 0.6) is 0 Å². The zero-order chi connectivity index (χ0) is 14.5. The Morgan fingerprint density at radius 1 is 1.35 bits per heavy atom. The smallest absolute Gasteiger partial charge is 0.293 e. The Morgan fingerprint density at radius 3 is 2.80 bits per heavy atom. The quantitative estimate of drug-likeness (QED) is 0.912. The molecule has 2 aromatic rings. The van der Waals surface area contributed by atoms with Crippen molar-refractivity contribution in [2.75, 3.05) is 5.32 Å². The first-order valence-electron chi connectivity index (χ1n) is 6.60. The van der Waals surface area contributed by atoms with Gasteiger partial charge in [-0.3, -0.25) is 4.79 Å². The molecule has 0 aliphatic heterocycles. The number of hydrogen-bond acceptors (Lipinski definition) is 3. The minimum absolute atomic E-state index is 0.0757. The second-order valence-corrected chi connectivity index (χ2v) is 5.93. The van der Waals surface area contributed by atoms with Crippen LogP contribution in [0.1, 0.15) is 19.4 Å². The molecule has 0 radical (unpaired) electrons. The molecule has 0 bridgehead atoms. The molecule has 0 saturated carbocycles. The fraction of sp³-hybridized carbons (Fsp3) is 0.333. The second-order valence-electron chi connectivity index (χ2n) is 5.07. The summed E-state index contributed by atoms with van der Waals surface area (Å²) in [5.74, 6) is 0.815. The lowest BCUT2D eigenvalue weighted by atomic mass is 10.2. The topological polar surface area (TPSA) is 46.9 Å². The van der Waals surface area contributed by atoms with E-state index in [0.29, 0.717) is 24.8 Å². The van der Waals surface area contributed by atoms with Crippen molar-refractivity contribution in [2.45, 2.75) is 26.9 Å². The fourth-order valence-electron chi connectivity index (χ4n) is 1.93. The Morgan fingerprint density at radius 2 is 2.10 bits per heavy atom. The lowest BCUT2D eigenvalue weighted by Gasteiger charge is -2.11. The Hall–Kier alpha value is -1.62. The van der Waals surface area contributed by atoms with Crippen molar-refractivity contribution in [3.8, 4) is 0 Å². The molecule has 0 amide bonds. The lowest BCUT2D eigenvalue weighted by molar-refractivity contribution is 0.509. The van der Waals surface area contributed by atoms with Gasteiger partial charge in [-0.25, -0.2) is 4.98 Å². The first-order chi connectivity index (χ1) is 9.58. The highest BCUT2D eigenvalue weighted by molar-refractivity contribution is 9.10. The maximum Gasteiger partial charge on any atom is 0.293 e. The van der Waals surface area contributed by atoms with Crippen LogP contribution in [0.25, 0.3) is 0 Å². The number of anilines is 1. The van der Waals surface area contributed by atoms with Gasteiger partial charge in [0.15, 0.2) is 5.82 Å². The summed E-state index contributed by atoms with van der Waals surface area (Å²) in [7, 11) is 0. The molecule has 1 aromatic heterocycles. The van der Waals surface area contributed by atoms with Gasteiger partial charge in [0.1, 0.15) is 0 Å². The number of benzene rings is 1. The predicted molar refractivity (Wildman–Crippen MR) is 84.8 cm³/mol. The Bertz CT molecular complexity index is 637. The van der Waals surface area contributed by atoms with Gasteiger partial charge in [-0.1, -0.05) is 48.0 Å². The highest BCUT2D eigenvalue weighted by Crippen LogP contribution is 2.16. The van der Waals surface area contributed by atoms with Crippen LogP contribution in [0, 0.1) is 5.92 Å². The molecule has 20 heavy (non-hydrogen) atoms. The van der Waals surface area contributed by atoms with Gasteiger partial charge in [-0.2, -0.15) is 0 Å². The van der Waals surface area contributed by atoms with E-state index < -0.39 is 0 Å². The molecule has 0 unspecified atom stereocenters. The molecule has 1 aromatic carbocycles. The molecule has 5 heteroatoms. The SMILES string of the molecule is CC(C)Cn1ccnc(NCc2ccccc2Br)c1=O. The first-order valence-corrected chi connectivity index (χ1v) is 7.40. The van der Waals surface area contributed by atoms with E-state index in [2.05, 4.69) is 40.1 Å². The van der Waals surface area contributed by atoms with Crippen LogP contribution in [0.4, 0.5) is 5.82 Å². The summed E-state index contributed by atoms with van der Waals surface area (Å²) >= 11 is 3.49. The summed E-state index contributed by atoms with van der Waals surface area (Å²) in [5, 5.41) is 3.11. The van der Waals surface area contributed by atoms with E-state index in [0.717, 1.165) is 10.0 Å². The Labute approximate surface area is 127 Å². The Kier molecular flexibility index (Phi) is 4.95. The van der Waals surface area contributed by atoms with E-state index in [1.54, 1.807) is 17.0 Å². The molecular formula is C15H18BrN3O. The average molecular weight is 336 g/mol. The van der Waals surface area contributed by atoms with Gasteiger partial charge in [0.2, 0.25) is 0 Å². The number of nitrogens with one attached hydrogen (secondary N) is 1. The largest absolute Gasteiger partial charge is 0.361 e. The molecule has 4 nitrogen and oxygen atoms in total. The van der Waals surface area contributed by atoms with Crippen LogP contribution in [0.3, 0.4) is 0 Å². The Balaban J connectivity index is 2.14. The third-order valence-corrected chi connectivity index (χ3v) is 3.65. The number of rotatable bonds is 5. The normalized spacial score (nSPS) is 10.8. The molecule has 0 aliphatic carbocycles. The summed E-state index contributed by atoms with van der Waals surface area (Å²) < 4.78 is 2.71. The van der Waals surface area contributed by atoms with Crippen LogP contribution < -0.4 is 10.9 Å². The van der Waals surface area contributed by atoms with Gasteiger partial charge < -0.3 is 9.88 Å². The molecule has 0 atom stereocenters. The highest BCUT2D eigenvalue weighted by Gasteiger charge is 2.06. The first kappa shape index (κ1) is 14.8. The second kappa shape index (κ2) is 6.70. The van der Waals surface area contributed by atoms with E-state index in [1.165, 1.54) is 0 Å². The van der Waals surface area contributed by atoms with Crippen molar-refractivity contribution in [2.24, 2.45) is 5.92 Å². The summed E-state index contributed by atoms with van der Waals surface area (Å²) in [5.41, 5.74) is 1.02. The molecule has 1 N–H and O–H groups in total. The van der Waals surface area contributed by atoms with Crippen LogP contribution in [-0.2, 0) is 13.1 Å². The van der Waals surface area contributed by atoms with E-state index in [-0.39, 0.29) is 5.56 Å². The predicted octanol–water partition coefficient (Wildman–Crippen LogP) is 3.27. The minimum atomic E-state index is -0.0757. The van der Waals surface area contributed by atoms with Gasteiger partial charge in [0, 0.05) is 30.0 Å². The average Bonchev–Trinajstić information content (AvgIpc) is 2.41. The van der Waals surface area contributed by atoms with Gasteiger partial charge in [-0.15, -0.1) is 0 Å². The molecule has 2 rings (SSSR count). The van der Waals surface area contributed by atoms with Crippen LogP contribution >= 0.6 is 15.9 Å².